The van der Waals surface area contributed by atoms with E-state index in [4.69, 9.17) is 4.74 Å². The summed E-state index contributed by atoms with van der Waals surface area (Å²) in [6.45, 7) is -0.565. The molecule has 0 radical (unpaired) electrons. The third-order valence-electron chi connectivity index (χ3n) is 3.69. The molecule has 3 aromatic rings. The second kappa shape index (κ2) is 9.38. The zero-order chi connectivity index (χ0) is 20.6. The van der Waals surface area contributed by atoms with Gasteiger partial charge in [0.25, 0.3) is 5.91 Å². The molecule has 1 aromatic heterocycles. The van der Waals surface area contributed by atoms with E-state index >= 15 is 0 Å². The molecule has 0 aliphatic rings. The van der Waals surface area contributed by atoms with E-state index in [0.29, 0.717) is 17.0 Å². The summed E-state index contributed by atoms with van der Waals surface area (Å²) in [5.41, 5.74) is 4.55. The van der Waals surface area contributed by atoms with Crippen molar-refractivity contribution in [2.24, 2.45) is 5.10 Å². The summed E-state index contributed by atoms with van der Waals surface area (Å²) in [6, 6.07) is 21.1. The summed E-state index contributed by atoms with van der Waals surface area (Å²) in [5, 5.41) is 14.7. The van der Waals surface area contributed by atoms with Gasteiger partial charge in [0.15, 0.2) is 6.61 Å². The number of hydrogen-bond acceptors (Lipinski definition) is 7. The average molecular weight is 409 g/mol. The molecule has 0 fully saturated rings. The van der Waals surface area contributed by atoms with E-state index in [9.17, 15) is 19.7 Å². The van der Waals surface area contributed by atoms with Crippen LogP contribution in [0.15, 0.2) is 77.9 Å². The van der Waals surface area contributed by atoms with Gasteiger partial charge >= 0.3 is 11.0 Å². The molecule has 1 heterocycles. The fraction of sp³-hybridized carbons (Fsp3) is 0.0500. The second-order valence-corrected chi connectivity index (χ2v) is 6.76. The minimum atomic E-state index is -0.812. The Kier molecular flexibility index (Phi) is 6.43. The molecule has 3 rings (SSSR count). The molecule has 0 saturated carbocycles. The van der Waals surface area contributed by atoms with Crippen LogP contribution in [0.25, 0.3) is 0 Å². The number of hydrazone groups is 1. The summed E-state index contributed by atoms with van der Waals surface area (Å²) >= 11 is 0.681. The van der Waals surface area contributed by atoms with Crippen molar-refractivity contribution in [2.75, 3.05) is 6.61 Å². The quantitative estimate of drug-likeness (QED) is 0.278. The lowest BCUT2D eigenvalue weighted by Gasteiger charge is -2.08. The third-order valence-corrected chi connectivity index (χ3v) is 4.71. The second-order valence-electron chi connectivity index (χ2n) is 5.70. The highest BCUT2D eigenvalue weighted by atomic mass is 32.1. The number of hydrogen-bond donors (Lipinski definition) is 1. The smallest absolute Gasteiger partial charge is 0.349 e. The van der Waals surface area contributed by atoms with Crippen LogP contribution in [0.5, 0.6) is 0 Å². The molecule has 0 spiro atoms. The first kappa shape index (κ1) is 19.9. The SMILES string of the molecule is O=C(COC(=O)c1ccc([N+](=O)[O-])s1)NN=C(c1ccccc1)c1ccccc1. The number of nitro groups is 1. The Hall–Kier alpha value is -3.85. The van der Waals surface area contributed by atoms with E-state index in [1.165, 1.54) is 12.1 Å². The molecular formula is C20H15N3O5S. The number of ether oxygens (including phenoxy) is 1. The monoisotopic (exact) mass is 409 g/mol. The molecule has 8 nitrogen and oxygen atoms in total. The summed E-state index contributed by atoms with van der Waals surface area (Å²) in [5.74, 6) is -1.44. The highest BCUT2D eigenvalue weighted by Crippen LogP contribution is 2.24. The van der Waals surface area contributed by atoms with E-state index in [0.717, 1.165) is 11.1 Å². The van der Waals surface area contributed by atoms with Crippen LogP contribution >= 0.6 is 11.3 Å². The highest BCUT2D eigenvalue weighted by molar-refractivity contribution is 7.17. The van der Waals surface area contributed by atoms with Crippen molar-refractivity contribution in [1.82, 2.24) is 5.43 Å². The normalized spacial score (nSPS) is 10.1. The van der Waals surface area contributed by atoms with Gasteiger partial charge in [0.05, 0.1) is 10.6 Å². The Morgan fingerprint density at radius 3 is 2.07 bits per heavy atom. The number of nitrogens with one attached hydrogen (secondary N) is 1. The number of benzene rings is 2. The van der Waals surface area contributed by atoms with Crippen LogP contribution in [0.3, 0.4) is 0 Å². The number of thiophene rings is 1. The first-order chi connectivity index (χ1) is 14.0. The van der Waals surface area contributed by atoms with Crippen molar-refractivity contribution >= 4 is 33.9 Å². The standard InChI is InChI=1S/C20H15N3O5S/c24-17(13-28-20(25)16-11-12-18(29-16)23(26)27)21-22-19(14-7-3-1-4-8-14)15-9-5-2-6-10-15/h1-12H,13H2,(H,21,24). The largest absolute Gasteiger partial charge is 0.451 e. The first-order valence-electron chi connectivity index (χ1n) is 8.43. The molecular weight excluding hydrogens is 394 g/mol. The van der Waals surface area contributed by atoms with Gasteiger partial charge in [-0.25, -0.2) is 10.2 Å². The van der Waals surface area contributed by atoms with E-state index in [2.05, 4.69) is 10.5 Å². The summed E-state index contributed by atoms with van der Waals surface area (Å²) < 4.78 is 4.89. The van der Waals surface area contributed by atoms with Gasteiger partial charge in [-0.3, -0.25) is 14.9 Å². The predicted octanol–water partition coefficient (Wildman–Crippen LogP) is 3.38. The lowest BCUT2D eigenvalue weighted by atomic mass is 10.0. The molecule has 0 saturated heterocycles. The number of esters is 1. The Balaban J connectivity index is 1.65. The molecule has 146 valence electrons. The molecule has 1 N–H and O–H groups in total. The summed E-state index contributed by atoms with van der Waals surface area (Å²) in [7, 11) is 0. The number of carbonyl (C=O) groups excluding carboxylic acids is 2. The van der Waals surface area contributed by atoms with Gasteiger partial charge in [-0.15, -0.1) is 0 Å². The number of carbonyl (C=O) groups is 2. The van der Waals surface area contributed by atoms with Gasteiger partial charge in [-0.05, 0) is 6.07 Å². The molecule has 0 aliphatic heterocycles. The Morgan fingerprint density at radius 1 is 0.966 bits per heavy atom. The highest BCUT2D eigenvalue weighted by Gasteiger charge is 2.17. The topological polar surface area (TPSA) is 111 Å². The van der Waals surface area contributed by atoms with Gasteiger partial charge in [-0.1, -0.05) is 72.0 Å². The zero-order valence-corrected chi connectivity index (χ0v) is 15.8. The number of nitrogens with zero attached hydrogens (tertiary/aromatic N) is 2. The van der Waals surface area contributed by atoms with E-state index in [1.54, 1.807) is 0 Å². The van der Waals surface area contributed by atoms with Gasteiger partial charge in [0.2, 0.25) is 0 Å². The lowest BCUT2D eigenvalue weighted by molar-refractivity contribution is -0.380. The van der Waals surface area contributed by atoms with Crippen LogP contribution in [-0.2, 0) is 9.53 Å². The summed E-state index contributed by atoms with van der Waals surface area (Å²) in [6.07, 6.45) is 0. The molecule has 0 bridgehead atoms. The van der Waals surface area contributed by atoms with Crippen LogP contribution in [0.1, 0.15) is 20.8 Å². The van der Waals surface area contributed by atoms with Crippen molar-refractivity contribution in [3.63, 3.8) is 0 Å². The molecule has 0 aliphatic carbocycles. The first-order valence-corrected chi connectivity index (χ1v) is 9.25. The van der Waals surface area contributed by atoms with Gasteiger partial charge in [0, 0.05) is 17.2 Å². The fourth-order valence-electron chi connectivity index (χ4n) is 2.38. The molecule has 2 aromatic carbocycles. The molecule has 0 unspecified atom stereocenters. The summed E-state index contributed by atoms with van der Waals surface area (Å²) in [4.78, 5) is 34.1. The maximum Gasteiger partial charge on any atom is 0.349 e. The van der Waals surface area contributed by atoms with Crippen LogP contribution in [0.4, 0.5) is 5.00 Å². The Bertz CT molecular complexity index is 1010. The molecule has 29 heavy (non-hydrogen) atoms. The Morgan fingerprint density at radius 2 is 1.55 bits per heavy atom. The van der Waals surface area contributed by atoms with Gasteiger partial charge in [0.1, 0.15) is 4.88 Å². The van der Waals surface area contributed by atoms with Crippen LogP contribution < -0.4 is 5.43 Å². The van der Waals surface area contributed by atoms with Gasteiger partial charge in [-0.2, -0.15) is 5.10 Å². The lowest BCUT2D eigenvalue weighted by Crippen LogP contribution is -2.26. The van der Waals surface area contributed by atoms with Crippen molar-refractivity contribution in [2.45, 2.75) is 0 Å². The molecule has 0 atom stereocenters. The van der Waals surface area contributed by atoms with Gasteiger partial charge < -0.3 is 4.74 Å². The van der Waals surface area contributed by atoms with Crippen molar-refractivity contribution < 1.29 is 19.2 Å². The van der Waals surface area contributed by atoms with Crippen molar-refractivity contribution in [3.8, 4) is 0 Å². The minimum Gasteiger partial charge on any atom is -0.451 e. The average Bonchev–Trinajstić information content (AvgIpc) is 3.24. The van der Waals surface area contributed by atoms with Crippen LogP contribution in [0, 0.1) is 10.1 Å². The Labute approximate surface area is 169 Å². The molecule has 1 amide bonds. The van der Waals surface area contributed by atoms with Crippen LogP contribution in [0.2, 0.25) is 0 Å². The number of amides is 1. The number of rotatable bonds is 7. The predicted molar refractivity (Wildman–Crippen MR) is 108 cm³/mol. The van der Waals surface area contributed by atoms with E-state index in [-0.39, 0.29) is 9.88 Å². The van der Waals surface area contributed by atoms with Crippen molar-refractivity contribution in [1.29, 1.82) is 0 Å². The van der Waals surface area contributed by atoms with Crippen LogP contribution in [-0.4, -0.2) is 29.1 Å². The maximum atomic E-state index is 12.1. The van der Waals surface area contributed by atoms with Crippen molar-refractivity contribution in [3.05, 3.63) is 98.9 Å². The third kappa shape index (κ3) is 5.33. The fourth-order valence-corrected chi connectivity index (χ4v) is 3.09. The van der Waals surface area contributed by atoms with E-state index in [1.807, 2.05) is 60.7 Å². The maximum absolute atomic E-state index is 12.1. The molecule has 9 heteroatoms. The van der Waals surface area contributed by atoms with E-state index < -0.39 is 23.4 Å². The zero-order valence-electron chi connectivity index (χ0n) is 15.0. The minimum absolute atomic E-state index is 0.0438.